The third-order valence-corrected chi connectivity index (χ3v) is 5.69. The molecule has 27 heavy (non-hydrogen) atoms. The minimum atomic E-state index is -3.33. The van der Waals surface area contributed by atoms with Crippen molar-refractivity contribution in [3.63, 3.8) is 0 Å². The summed E-state index contributed by atoms with van der Waals surface area (Å²) in [6.07, 6.45) is 1.12. The van der Waals surface area contributed by atoms with Crippen LogP contribution in [-0.2, 0) is 22.3 Å². The summed E-state index contributed by atoms with van der Waals surface area (Å²) in [6.45, 7) is 2.08. The van der Waals surface area contributed by atoms with Crippen LogP contribution in [0.5, 0.6) is 0 Å². The number of hydrogen-bond acceptors (Lipinski definition) is 5. The van der Waals surface area contributed by atoms with Gasteiger partial charge >= 0.3 is 0 Å². The quantitative estimate of drug-likeness (QED) is 0.589. The van der Waals surface area contributed by atoms with Crippen LogP contribution in [0.2, 0.25) is 5.02 Å². The normalized spacial score (nSPS) is 11.7. The molecule has 1 heterocycles. The van der Waals surface area contributed by atoms with Crippen molar-refractivity contribution in [3.05, 3.63) is 70.5 Å². The van der Waals surface area contributed by atoms with E-state index in [0.717, 1.165) is 23.1 Å². The van der Waals surface area contributed by atoms with Crippen molar-refractivity contribution in [2.75, 3.05) is 6.26 Å². The van der Waals surface area contributed by atoms with Gasteiger partial charge in [-0.2, -0.15) is 0 Å². The van der Waals surface area contributed by atoms with Crippen LogP contribution >= 0.6 is 23.4 Å². The van der Waals surface area contributed by atoms with Gasteiger partial charge in [0.1, 0.15) is 0 Å². The van der Waals surface area contributed by atoms with E-state index in [1.165, 1.54) is 11.8 Å². The van der Waals surface area contributed by atoms with Crippen molar-refractivity contribution < 1.29 is 8.42 Å². The number of hydrogen-bond donors (Lipinski definition) is 1. The maximum atomic E-state index is 11.5. The second kappa shape index (κ2) is 8.43. The fourth-order valence-corrected chi connectivity index (χ4v) is 3.83. The average Bonchev–Trinajstić information content (AvgIpc) is 3.02. The number of benzene rings is 2. The molecule has 1 aromatic heterocycles. The van der Waals surface area contributed by atoms with Crippen molar-refractivity contribution in [2.45, 2.75) is 24.4 Å². The van der Waals surface area contributed by atoms with Gasteiger partial charge in [0.15, 0.2) is 11.0 Å². The van der Waals surface area contributed by atoms with Crippen LogP contribution in [0.25, 0.3) is 5.69 Å². The minimum absolute atomic E-state index is 0.0706. The first-order valence-corrected chi connectivity index (χ1v) is 11.4. The van der Waals surface area contributed by atoms with Crippen molar-refractivity contribution in [1.29, 1.82) is 0 Å². The Balaban J connectivity index is 1.89. The summed E-state index contributed by atoms with van der Waals surface area (Å²) >= 11 is 7.46. The SMILES string of the molecule is Cc1ccc(-n2c(CNS(C)(=O)=O)nnc2SCc2ccc(Cl)cc2)cc1. The molecule has 0 atom stereocenters. The summed E-state index contributed by atoms with van der Waals surface area (Å²) in [7, 11) is -3.33. The van der Waals surface area contributed by atoms with E-state index in [-0.39, 0.29) is 6.54 Å². The van der Waals surface area contributed by atoms with E-state index < -0.39 is 10.0 Å². The molecule has 0 saturated carbocycles. The van der Waals surface area contributed by atoms with Crippen molar-refractivity contribution in [3.8, 4) is 5.69 Å². The molecule has 0 unspecified atom stereocenters. The highest BCUT2D eigenvalue weighted by molar-refractivity contribution is 7.98. The largest absolute Gasteiger partial charge is 0.273 e. The molecule has 3 rings (SSSR count). The minimum Gasteiger partial charge on any atom is -0.273 e. The smallest absolute Gasteiger partial charge is 0.209 e. The first kappa shape index (κ1) is 19.9. The lowest BCUT2D eigenvalue weighted by atomic mass is 10.2. The second-order valence-electron chi connectivity index (χ2n) is 6.08. The highest BCUT2D eigenvalue weighted by Crippen LogP contribution is 2.26. The summed E-state index contributed by atoms with van der Waals surface area (Å²) in [6, 6.07) is 15.6. The summed E-state index contributed by atoms with van der Waals surface area (Å²) in [5.41, 5.74) is 3.13. The Bertz CT molecular complexity index is 1020. The molecule has 0 amide bonds. The van der Waals surface area contributed by atoms with E-state index in [2.05, 4.69) is 14.9 Å². The van der Waals surface area contributed by atoms with Gasteiger partial charge in [0.2, 0.25) is 10.0 Å². The van der Waals surface area contributed by atoms with Gasteiger partial charge in [0.25, 0.3) is 0 Å². The molecule has 0 aliphatic rings. The highest BCUT2D eigenvalue weighted by Gasteiger charge is 2.16. The molecule has 0 bridgehead atoms. The van der Waals surface area contributed by atoms with E-state index in [0.29, 0.717) is 21.8 Å². The van der Waals surface area contributed by atoms with E-state index in [1.54, 1.807) is 0 Å². The van der Waals surface area contributed by atoms with Gasteiger partial charge in [-0.1, -0.05) is 53.2 Å². The molecule has 0 saturated heterocycles. The zero-order valence-electron chi connectivity index (χ0n) is 14.9. The monoisotopic (exact) mass is 422 g/mol. The number of aryl methyl sites for hydroxylation is 1. The topological polar surface area (TPSA) is 76.9 Å². The zero-order valence-corrected chi connectivity index (χ0v) is 17.3. The Morgan fingerprint density at radius 2 is 1.74 bits per heavy atom. The third-order valence-electron chi connectivity index (χ3n) is 3.77. The van der Waals surface area contributed by atoms with E-state index in [4.69, 9.17) is 11.6 Å². The number of sulfonamides is 1. The molecule has 0 radical (unpaired) electrons. The predicted octanol–water partition coefficient (Wildman–Crippen LogP) is 3.57. The number of nitrogens with zero attached hydrogens (tertiary/aromatic N) is 3. The fourth-order valence-electron chi connectivity index (χ4n) is 2.39. The molecule has 2 aromatic carbocycles. The average molecular weight is 423 g/mol. The lowest BCUT2D eigenvalue weighted by Crippen LogP contribution is -2.23. The maximum Gasteiger partial charge on any atom is 0.209 e. The molecular weight excluding hydrogens is 404 g/mol. The summed E-state index contributed by atoms with van der Waals surface area (Å²) in [5, 5.41) is 9.84. The van der Waals surface area contributed by atoms with Gasteiger partial charge in [0, 0.05) is 16.5 Å². The number of aromatic nitrogens is 3. The first-order chi connectivity index (χ1) is 12.8. The van der Waals surface area contributed by atoms with Crippen LogP contribution in [0, 0.1) is 6.92 Å². The van der Waals surface area contributed by atoms with Crippen LogP contribution in [0.1, 0.15) is 17.0 Å². The maximum absolute atomic E-state index is 11.5. The molecule has 0 aliphatic carbocycles. The van der Waals surface area contributed by atoms with Crippen molar-refractivity contribution in [2.24, 2.45) is 0 Å². The second-order valence-corrected chi connectivity index (χ2v) is 9.29. The van der Waals surface area contributed by atoms with E-state index in [9.17, 15) is 8.42 Å². The van der Waals surface area contributed by atoms with Crippen LogP contribution in [0.3, 0.4) is 0 Å². The van der Waals surface area contributed by atoms with E-state index >= 15 is 0 Å². The van der Waals surface area contributed by atoms with Crippen LogP contribution in [0.15, 0.2) is 53.7 Å². The number of halogens is 1. The van der Waals surface area contributed by atoms with Gasteiger partial charge in [-0.3, -0.25) is 4.57 Å². The summed E-state index contributed by atoms with van der Waals surface area (Å²) < 4.78 is 27.3. The Kier molecular flexibility index (Phi) is 6.21. The van der Waals surface area contributed by atoms with Gasteiger partial charge in [0.05, 0.1) is 12.8 Å². The van der Waals surface area contributed by atoms with Gasteiger partial charge < -0.3 is 0 Å². The molecule has 0 aliphatic heterocycles. The van der Waals surface area contributed by atoms with Crippen LogP contribution in [0.4, 0.5) is 0 Å². The molecule has 3 aromatic rings. The molecular formula is C18H19ClN4O2S2. The summed E-state index contributed by atoms with van der Waals surface area (Å²) in [5.74, 6) is 1.23. The Morgan fingerprint density at radius 3 is 2.37 bits per heavy atom. The Morgan fingerprint density at radius 1 is 1.07 bits per heavy atom. The molecule has 6 nitrogen and oxygen atoms in total. The highest BCUT2D eigenvalue weighted by atomic mass is 35.5. The van der Waals surface area contributed by atoms with Gasteiger partial charge in [-0.25, -0.2) is 13.1 Å². The van der Waals surface area contributed by atoms with Crippen LogP contribution < -0.4 is 4.72 Å². The standard InChI is InChI=1S/C18H19ClN4O2S2/c1-13-3-9-16(10-4-13)23-17(11-20-27(2,24)25)21-22-18(23)26-12-14-5-7-15(19)8-6-14/h3-10,20H,11-12H2,1-2H3. The Labute approximate surface area is 168 Å². The molecule has 1 N–H and O–H groups in total. The predicted molar refractivity (Wildman–Crippen MR) is 109 cm³/mol. The lowest BCUT2D eigenvalue weighted by molar-refractivity contribution is 0.584. The fraction of sp³-hybridized carbons (Fsp3) is 0.222. The molecule has 142 valence electrons. The number of rotatable bonds is 7. The van der Waals surface area contributed by atoms with E-state index in [1.807, 2.05) is 60.0 Å². The Hall–Kier alpha value is -1.87. The third kappa shape index (κ3) is 5.55. The summed E-state index contributed by atoms with van der Waals surface area (Å²) in [4.78, 5) is 0. The number of thioether (sulfide) groups is 1. The zero-order chi connectivity index (χ0) is 19.4. The number of nitrogens with one attached hydrogen (secondary N) is 1. The molecule has 0 fully saturated rings. The lowest BCUT2D eigenvalue weighted by Gasteiger charge is -2.11. The molecule has 0 spiro atoms. The molecule has 9 heteroatoms. The van der Waals surface area contributed by atoms with Crippen molar-refractivity contribution in [1.82, 2.24) is 19.5 Å². The van der Waals surface area contributed by atoms with Gasteiger partial charge in [-0.15, -0.1) is 10.2 Å². The van der Waals surface area contributed by atoms with Crippen molar-refractivity contribution >= 4 is 33.4 Å². The van der Waals surface area contributed by atoms with Crippen LogP contribution in [-0.4, -0.2) is 29.4 Å². The van der Waals surface area contributed by atoms with Gasteiger partial charge in [-0.05, 0) is 36.8 Å². The first-order valence-electron chi connectivity index (χ1n) is 8.15.